The number of likely N-dealkylation sites (N-methyl/N-ethyl adjacent to an activating group) is 1. The quantitative estimate of drug-likeness (QED) is 0.754. The first kappa shape index (κ1) is 20.5. The Labute approximate surface area is 177 Å². The van der Waals surface area contributed by atoms with Crippen LogP contribution in [0.2, 0.25) is 0 Å². The molecule has 0 saturated carbocycles. The summed E-state index contributed by atoms with van der Waals surface area (Å²) in [5.41, 5.74) is 4.24. The lowest BCUT2D eigenvalue weighted by Crippen LogP contribution is -2.44. The van der Waals surface area contributed by atoms with E-state index in [-0.39, 0.29) is 6.09 Å². The fourth-order valence-electron chi connectivity index (χ4n) is 3.78. The van der Waals surface area contributed by atoms with Crippen molar-refractivity contribution < 1.29 is 9.53 Å². The Bertz CT molecular complexity index is 960. The number of carbonyl (C=O) groups excluding carboxylic acids is 1. The highest BCUT2D eigenvalue weighted by Crippen LogP contribution is 2.28. The molecule has 0 aliphatic carbocycles. The molecule has 2 aliphatic heterocycles. The second kappa shape index (κ2) is 8.18. The van der Waals surface area contributed by atoms with Crippen LogP contribution in [0, 0.1) is 0 Å². The van der Waals surface area contributed by atoms with Crippen molar-refractivity contribution in [2.24, 2.45) is 0 Å². The van der Waals surface area contributed by atoms with Crippen molar-refractivity contribution in [1.82, 2.24) is 24.8 Å². The highest BCUT2D eigenvalue weighted by Gasteiger charge is 2.25. The largest absolute Gasteiger partial charge is 0.444 e. The molecule has 30 heavy (non-hydrogen) atoms. The molecule has 0 radical (unpaired) electrons. The van der Waals surface area contributed by atoms with Gasteiger partial charge in [0.15, 0.2) is 0 Å². The number of rotatable bonds is 2. The first-order valence-electron chi connectivity index (χ1n) is 10.5. The molecule has 1 saturated heterocycles. The summed E-state index contributed by atoms with van der Waals surface area (Å²) in [6.45, 7) is 10.8. The third-order valence-corrected chi connectivity index (χ3v) is 5.49. The maximum atomic E-state index is 12.3. The molecule has 4 rings (SSSR count). The minimum Gasteiger partial charge on any atom is -0.444 e. The Balaban J connectivity index is 1.53. The number of aromatic nitrogens is 3. The van der Waals surface area contributed by atoms with Crippen molar-refractivity contribution in [2.75, 3.05) is 51.2 Å². The van der Waals surface area contributed by atoms with Gasteiger partial charge in [-0.15, -0.1) is 0 Å². The first-order chi connectivity index (χ1) is 14.3. The number of anilines is 1. The predicted octanol–water partition coefficient (Wildman–Crippen LogP) is 2.80. The molecule has 0 aromatic carbocycles. The highest BCUT2D eigenvalue weighted by molar-refractivity contribution is 5.88. The van der Waals surface area contributed by atoms with E-state index in [0.717, 1.165) is 54.2 Å². The monoisotopic (exact) mass is 410 g/mol. The molecule has 2 aromatic rings. The summed E-state index contributed by atoms with van der Waals surface area (Å²) < 4.78 is 5.48. The van der Waals surface area contributed by atoms with Gasteiger partial charge in [0, 0.05) is 39.3 Å². The van der Waals surface area contributed by atoms with Crippen molar-refractivity contribution in [3.63, 3.8) is 0 Å². The molecule has 8 heteroatoms. The normalized spacial score (nSPS) is 18.5. The SMILES string of the molecule is CN1CCN(c2cnc3c(C4=CCN(C(=O)OC(C)(C)C)CC4)ncnc3c2)CC1. The average molecular weight is 411 g/mol. The molecular formula is C22H30N6O2. The molecule has 160 valence electrons. The van der Waals surface area contributed by atoms with E-state index in [1.165, 1.54) is 0 Å². The Hall–Kier alpha value is -2.74. The summed E-state index contributed by atoms with van der Waals surface area (Å²) in [7, 11) is 2.15. The molecule has 2 aromatic heterocycles. The van der Waals surface area contributed by atoms with E-state index in [0.29, 0.717) is 19.5 Å². The summed E-state index contributed by atoms with van der Waals surface area (Å²) in [5.74, 6) is 0. The molecule has 8 nitrogen and oxygen atoms in total. The molecule has 4 heterocycles. The minimum atomic E-state index is -0.491. The number of amides is 1. The number of carbonyl (C=O) groups is 1. The van der Waals surface area contributed by atoms with E-state index >= 15 is 0 Å². The lowest BCUT2D eigenvalue weighted by atomic mass is 10.0. The molecule has 2 aliphatic rings. The Kier molecular flexibility index (Phi) is 5.60. The molecular weight excluding hydrogens is 380 g/mol. The van der Waals surface area contributed by atoms with Crippen molar-refractivity contribution >= 4 is 28.4 Å². The molecule has 1 fully saturated rings. The fourth-order valence-corrected chi connectivity index (χ4v) is 3.78. The molecule has 0 unspecified atom stereocenters. The Morgan fingerprint density at radius 2 is 1.83 bits per heavy atom. The van der Waals surface area contributed by atoms with Gasteiger partial charge in [0.1, 0.15) is 17.4 Å². The zero-order valence-electron chi connectivity index (χ0n) is 18.3. The van der Waals surface area contributed by atoms with Crippen molar-refractivity contribution in [1.29, 1.82) is 0 Å². The molecule has 0 spiro atoms. The number of hydrogen-bond donors (Lipinski definition) is 0. The van der Waals surface area contributed by atoms with Crippen LogP contribution in [0.4, 0.5) is 10.5 Å². The summed E-state index contributed by atoms with van der Waals surface area (Å²) >= 11 is 0. The minimum absolute atomic E-state index is 0.278. The van der Waals surface area contributed by atoms with Crippen LogP contribution in [-0.2, 0) is 4.74 Å². The smallest absolute Gasteiger partial charge is 0.410 e. The van der Waals surface area contributed by atoms with E-state index in [1.54, 1.807) is 11.2 Å². The number of hydrogen-bond acceptors (Lipinski definition) is 7. The summed E-state index contributed by atoms with van der Waals surface area (Å²) in [5, 5.41) is 0. The van der Waals surface area contributed by atoms with Crippen molar-refractivity contribution in [3.8, 4) is 0 Å². The van der Waals surface area contributed by atoms with E-state index in [9.17, 15) is 4.79 Å². The molecule has 0 bridgehead atoms. The average Bonchev–Trinajstić information content (AvgIpc) is 2.72. The molecule has 0 N–H and O–H groups in total. The predicted molar refractivity (Wildman–Crippen MR) is 117 cm³/mol. The van der Waals surface area contributed by atoms with Gasteiger partial charge >= 0.3 is 6.09 Å². The summed E-state index contributed by atoms with van der Waals surface area (Å²) in [6.07, 6.45) is 6.02. The zero-order valence-corrected chi connectivity index (χ0v) is 18.3. The topological polar surface area (TPSA) is 74.7 Å². The van der Waals surface area contributed by atoms with Crippen LogP contribution in [0.3, 0.4) is 0 Å². The van der Waals surface area contributed by atoms with Crippen LogP contribution in [-0.4, -0.2) is 82.8 Å². The van der Waals surface area contributed by atoms with Gasteiger partial charge in [-0.1, -0.05) is 6.08 Å². The van der Waals surface area contributed by atoms with Crippen molar-refractivity contribution in [2.45, 2.75) is 32.8 Å². The van der Waals surface area contributed by atoms with E-state index in [2.05, 4.69) is 32.9 Å². The van der Waals surface area contributed by atoms with Gasteiger partial charge in [-0.2, -0.15) is 0 Å². The summed E-state index contributed by atoms with van der Waals surface area (Å²) in [6, 6.07) is 2.11. The maximum absolute atomic E-state index is 12.3. The van der Waals surface area contributed by atoms with Crippen LogP contribution < -0.4 is 4.90 Å². The van der Waals surface area contributed by atoms with Gasteiger partial charge in [0.05, 0.1) is 23.1 Å². The number of piperazine rings is 1. The number of ether oxygens (including phenoxy) is 1. The van der Waals surface area contributed by atoms with Gasteiger partial charge < -0.3 is 19.4 Å². The van der Waals surface area contributed by atoms with Crippen molar-refractivity contribution in [3.05, 3.63) is 30.4 Å². The van der Waals surface area contributed by atoms with Gasteiger partial charge in [-0.25, -0.2) is 14.8 Å². The van der Waals surface area contributed by atoms with Gasteiger partial charge in [0.2, 0.25) is 0 Å². The highest BCUT2D eigenvalue weighted by atomic mass is 16.6. The lowest BCUT2D eigenvalue weighted by Gasteiger charge is -2.33. The Morgan fingerprint density at radius 1 is 1.07 bits per heavy atom. The second-order valence-electron chi connectivity index (χ2n) is 8.98. The number of nitrogens with zero attached hydrogens (tertiary/aromatic N) is 6. The van der Waals surface area contributed by atoms with Crippen LogP contribution in [0.15, 0.2) is 24.7 Å². The number of pyridine rings is 1. The van der Waals surface area contributed by atoms with E-state index < -0.39 is 5.60 Å². The standard InChI is InChI=1S/C22H30N6O2/c1-22(2,3)30-21(29)28-7-5-16(6-8-28)19-20-18(24-15-25-19)13-17(14-23-20)27-11-9-26(4)10-12-27/h5,13-15H,6-12H2,1-4H3. The third kappa shape index (κ3) is 4.53. The number of fused-ring (bicyclic) bond motifs is 1. The van der Waals surface area contributed by atoms with Gasteiger partial charge in [-0.3, -0.25) is 4.98 Å². The third-order valence-electron chi connectivity index (χ3n) is 5.49. The van der Waals surface area contributed by atoms with Gasteiger partial charge in [-0.05, 0) is 45.9 Å². The second-order valence-corrected chi connectivity index (χ2v) is 8.98. The summed E-state index contributed by atoms with van der Waals surface area (Å²) in [4.78, 5) is 32.4. The fraction of sp³-hybridized carbons (Fsp3) is 0.545. The van der Waals surface area contributed by atoms with Crippen LogP contribution >= 0.6 is 0 Å². The van der Waals surface area contributed by atoms with E-state index in [1.807, 2.05) is 33.0 Å². The van der Waals surface area contributed by atoms with E-state index in [4.69, 9.17) is 9.72 Å². The van der Waals surface area contributed by atoms with Crippen LogP contribution in [0.25, 0.3) is 16.6 Å². The van der Waals surface area contributed by atoms with Crippen LogP contribution in [0.5, 0.6) is 0 Å². The lowest BCUT2D eigenvalue weighted by molar-refractivity contribution is 0.0270. The molecule has 1 amide bonds. The Morgan fingerprint density at radius 3 is 2.50 bits per heavy atom. The zero-order chi connectivity index (χ0) is 21.3. The van der Waals surface area contributed by atoms with Gasteiger partial charge in [0.25, 0.3) is 0 Å². The molecule has 0 atom stereocenters. The van der Waals surface area contributed by atoms with Crippen LogP contribution in [0.1, 0.15) is 32.9 Å². The first-order valence-corrected chi connectivity index (χ1v) is 10.5. The maximum Gasteiger partial charge on any atom is 0.410 e.